The summed E-state index contributed by atoms with van der Waals surface area (Å²) in [5.74, 6) is 1.06. The summed E-state index contributed by atoms with van der Waals surface area (Å²) in [6.07, 6.45) is 0. The van der Waals surface area contributed by atoms with E-state index in [0.717, 1.165) is 11.3 Å². The second kappa shape index (κ2) is 5.63. The number of hydrogen-bond donors (Lipinski definition) is 1. The zero-order valence-electron chi connectivity index (χ0n) is 12.5. The van der Waals surface area contributed by atoms with Crippen LogP contribution in [0.4, 0.5) is 4.39 Å². The van der Waals surface area contributed by atoms with Gasteiger partial charge in [-0.2, -0.15) is 5.10 Å². The van der Waals surface area contributed by atoms with Gasteiger partial charge in [0.15, 0.2) is 0 Å². The Morgan fingerprint density at radius 2 is 2.00 bits per heavy atom. The Morgan fingerprint density at radius 1 is 1.30 bits per heavy atom. The van der Waals surface area contributed by atoms with E-state index in [1.807, 2.05) is 34.0 Å². The highest BCUT2D eigenvalue weighted by Gasteiger charge is 2.15. The summed E-state index contributed by atoms with van der Waals surface area (Å²) >= 11 is 0. The van der Waals surface area contributed by atoms with Crippen molar-refractivity contribution in [2.45, 2.75) is 26.8 Å². The molecule has 1 heterocycles. The van der Waals surface area contributed by atoms with Crippen LogP contribution in [-0.2, 0) is 7.05 Å². The Labute approximate surface area is 118 Å². The van der Waals surface area contributed by atoms with Gasteiger partial charge in [0.25, 0.3) is 0 Å². The summed E-state index contributed by atoms with van der Waals surface area (Å²) < 4.78 is 21.4. The quantitative estimate of drug-likeness (QED) is 0.932. The number of benzene rings is 1. The molecule has 4 nitrogen and oxygen atoms in total. The van der Waals surface area contributed by atoms with Gasteiger partial charge < -0.3 is 10.1 Å². The average Bonchev–Trinajstić information content (AvgIpc) is 2.71. The average molecular weight is 277 g/mol. The maximum absolute atomic E-state index is 13.8. The minimum absolute atomic E-state index is 0.00516. The van der Waals surface area contributed by atoms with Crippen LogP contribution in [-0.4, -0.2) is 16.8 Å². The SMILES string of the molecule is CNC(C)c1cc(F)c(C)cc1Oc1cc(C)nn1C. The predicted molar refractivity (Wildman–Crippen MR) is 76.6 cm³/mol. The van der Waals surface area contributed by atoms with E-state index in [9.17, 15) is 4.39 Å². The fraction of sp³-hybridized carbons (Fsp3) is 0.400. The number of nitrogens with one attached hydrogen (secondary N) is 1. The first-order valence-electron chi connectivity index (χ1n) is 6.58. The lowest BCUT2D eigenvalue weighted by Crippen LogP contribution is -2.14. The van der Waals surface area contributed by atoms with Crippen LogP contribution in [0.1, 0.15) is 29.8 Å². The van der Waals surface area contributed by atoms with Crippen molar-refractivity contribution in [3.05, 3.63) is 40.8 Å². The molecule has 1 N–H and O–H groups in total. The van der Waals surface area contributed by atoms with Crippen LogP contribution >= 0.6 is 0 Å². The summed E-state index contributed by atoms with van der Waals surface area (Å²) in [6.45, 7) is 5.59. The molecule has 5 heteroatoms. The van der Waals surface area contributed by atoms with Gasteiger partial charge in [-0.15, -0.1) is 0 Å². The zero-order chi connectivity index (χ0) is 14.9. The molecule has 108 valence electrons. The number of aromatic nitrogens is 2. The van der Waals surface area contributed by atoms with Gasteiger partial charge in [0.1, 0.15) is 11.6 Å². The van der Waals surface area contributed by atoms with E-state index in [0.29, 0.717) is 17.2 Å². The third-order valence-corrected chi connectivity index (χ3v) is 3.36. The molecule has 1 atom stereocenters. The van der Waals surface area contributed by atoms with Crippen molar-refractivity contribution in [3.63, 3.8) is 0 Å². The molecule has 0 bridgehead atoms. The molecular formula is C15H20FN3O. The normalized spacial score (nSPS) is 12.5. The highest BCUT2D eigenvalue weighted by molar-refractivity contribution is 5.42. The lowest BCUT2D eigenvalue weighted by molar-refractivity contribution is 0.418. The topological polar surface area (TPSA) is 39.1 Å². The zero-order valence-corrected chi connectivity index (χ0v) is 12.5. The van der Waals surface area contributed by atoms with Crippen LogP contribution in [0.25, 0.3) is 0 Å². The summed E-state index contributed by atoms with van der Waals surface area (Å²) in [5.41, 5.74) is 2.23. The molecule has 0 fully saturated rings. The number of rotatable bonds is 4. The lowest BCUT2D eigenvalue weighted by Gasteiger charge is -2.17. The number of halogens is 1. The number of hydrogen-bond acceptors (Lipinski definition) is 3. The highest BCUT2D eigenvalue weighted by atomic mass is 19.1. The fourth-order valence-corrected chi connectivity index (χ4v) is 2.05. The molecule has 1 aromatic carbocycles. The second-order valence-electron chi connectivity index (χ2n) is 5.00. The highest BCUT2D eigenvalue weighted by Crippen LogP contribution is 2.32. The van der Waals surface area contributed by atoms with Crippen molar-refractivity contribution >= 4 is 0 Å². The van der Waals surface area contributed by atoms with Crippen molar-refractivity contribution in [2.24, 2.45) is 7.05 Å². The van der Waals surface area contributed by atoms with Crippen molar-refractivity contribution in [3.8, 4) is 11.6 Å². The second-order valence-corrected chi connectivity index (χ2v) is 5.00. The molecule has 2 rings (SSSR count). The van der Waals surface area contributed by atoms with Gasteiger partial charge in [0.05, 0.1) is 5.69 Å². The van der Waals surface area contributed by atoms with Gasteiger partial charge in [-0.3, -0.25) is 0 Å². The Kier molecular flexibility index (Phi) is 4.09. The van der Waals surface area contributed by atoms with Crippen LogP contribution in [0.3, 0.4) is 0 Å². The molecule has 0 aliphatic rings. The summed E-state index contributed by atoms with van der Waals surface area (Å²) in [4.78, 5) is 0. The number of nitrogens with zero attached hydrogens (tertiary/aromatic N) is 2. The van der Waals surface area contributed by atoms with Gasteiger partial charge >= 0.3 is 0 Å². The van der Waals surface area contributed by atoms with Crippen LogP contribution in [0.2, 0.25) is 0 Å². The maximum atomic E-state index is 13.8. The Balaban J connectivity index is 2.44. The van der Waals surface area contributed by atoms with E-state index in [1.54, 1.807) is 17.7 Å². The first-order chi connectivity index (χ1) is 9.42. The molecular weight excluding hydrogens is 257 g/mol. The molecule has 1 aromatic heterocycles. The van der Waals surface area contributed by atoms with Crippen LogP contribution < -0.4 is 10.1 Å². The Hall–Kier alpha value is -1.88. The van der Waals surface area contributed by atoms with Gasteiger partial charge in [-0.25, -0.2) is 9.07 Å². The van der Waals surface area contributed by atoms with Crippen molar-refractivity contribution < 1.29 is 9.13 Å². The smallest absolute Gasteiger partial charge is 0.217 e. The molecule has 0 saturated heterocycles. The first-order valence-corrected chi connectivity index (χ1v) is 6.58. The largest absolute Gasteiger partial charge is 0.439 e. The van der Waals surface area contributed by atoms with Gasteiger partial charge in [0, 0.05) is 24.7 Å². The monoisotopic (exact) mass is 277 g/mol. The molecule has 2 aromatic rings. The maximum Gasteiger partial charge on any atom is 0.217 e. The van der Waals surface area contributed by atoms with E-state index in [1.165, 1.54) is 6.07 Å². The molecule has 0 radical (unpaired) electrons. The summed E-state index contributed by atoms with van der Waals surface area (Å²) in [7, 11) is 3.65. The molecule has 0 aliphatic carbocycles. The molecule has 1 unspecified atom stereocenters. The van der Waals surface area contributed by atoms with E-state index in [4.69, 9.17) is 4.74 Å². The first kappa shape index (κ1) is 14.5. The molecule has 0 spiro atoms. The molecule has 0 saturated carbocycles. The Morgan fingerprint density at radius 3 is 2.55 bits per heavy atom. The molecule has 0 amide bonds. The molecule has 20 heavy (non-hydrogen) atoms. The lowest BCUT2D eigenvalue weighted by atomic mass is 10.0. The third-order valence-electron chi connectivity index (χ3n) is 3.36. The van der Waals surface area contributed by atoms with Crippen LogP contribution in [0.15, 0.2) is 18.2 Å². The predicted octanol–water partition coefficient (Wildman–Crippen LogP) is 3.25. The summed E-state index contributed by atoms with van der Waals surface area (Å²) in [6, 6.07) is 5.09. The van der Waals surface area contributed by atoms with Crippen LogP contribution in [0, 0.1) is 19.7 Å². The fourth-order valence-electron chi connectivity index (χ4n) is 2.05. The minimum Gasteiger partial charge on any atom is -0.439 e. The van der Waals surface area contributed by atoms with Crippen molar-refractivity contribution in [2.75, 3.05) is 7.05 Å². The molecule has 0 aliphatic heterocycles. The van der Waals surface area contributed by atoms with Crippen LogP contribution in [0.5, 0.6) is 11.6 Å². The minimum atomic E-state index is -0.226. The van der Waals surface area contributed by atoms with Gasteiger partial charge in [-0.05, 0) is 45.5 Å². The van der Waals surface area contributed by atoms with Gasteiger partial charge in [0.2, 0.25) is 5.88 Å². The van der Waals surface area contributed by atoms with E-state index >= 15 is 0 Å². The van der Waals surface area contributed by atoms with Crippen molar-refractivity contribution in [1.29, 1.82) is 0 Å². The standard InChI is InChI=1S/C15H20FN3O/c1-9-6-14(12(8-13(9)16)11(3)17-4)20-15-7-10(2)18-19(15)5/h6-8,11,17H,1-5H3. The van der Waals surface area contributed by atoms with E-state index < -0.39 is 0 Å². The van der Waals surface area contributed by atoms with Crippen molar-refractivity contribution in [1.82, 2.24) is 15.1 Å². The summed E-state index contributed by atoms with van der Waals surface area (Å²) in [5, 5.41) is 7.35. The third kappa shape index (κ3) is 2.82. The van der Waals surface area contributed by atoms with E-state index in [-0.39, 0.29) is 11.9 Å². The number of ether oxygens (including phenoxy) is 1. The van der Waals surface area contributed by atoms with E-state index in [2.05, 4.69) is 10.4 Å². The Bertz CT molecular complexity index is 622. The number of aryl methyl sites for hydroxylation is 3. The van der Waals surface area contributed by atoms with Gasteiger partial charge in [-0.1, -0.05) is 0 Å².